The van der Waals surface area contributed by atoms with Crippen molar-refractivity contribution >= 4 is 23.0 Å². The Morgan fingerprint density at radius 2 is 1.64 bits per heavy atom. The summed E-state index contributed by atoms with van der Waals surface area (Å²) in [4.78, 5) is 16.5. The fourth-order valence-corrected chi connectivity index (χ4v) is 2.70. The van der Waals surface area contributed by atoms with Crippen LogP contribution in [-0.4, -0.2) is 24.1 Å². The van der Waals surface area contributed by atoms with Crippen LogP contribution in [0.25, 0.3) is 0 Å². The van der Waals surface area contributed by atoms with Crippen molar-refractivity contribution in [1.29, 1.82) is 0 Å². The highest BCUT2D eigenvalue weighted by Crippen LogP contribution is 2.32. The summed E-state index contributed by atoms with van der Waals surface area (Å²) in [7, 11) is 0. The molecule has 0 bridgehead atoms. The Morgan fingerprint density at radius 3 is 2.46 bits per heavy atom. The first-order chi connectivity index (χ1) is 13.6. The van der Waals surface area contributed by atoms with Gasteiger partial charge in [0, 0.05) is 29.7 Å². The number of nitrogens with zero attached hydrogens (tertiary/aromatic N) is 1. The van der Waals surface area contributed by atoms with E-state index in [2.05, 4.69) is 15.6 Å². The number of aromatic nitrogens is 1. The van der Waals surface area contributed by atoms with Crippen molar-refractivity contribution in [2.45, 2.75) is 0 Å². The topological polar surface area (TPSA) is 72.5 Å². The van der Waals surface area contributed by atoms with E-state index >= 15 is 0 Å². The number of amides is 1. The van der Waals surface area contributed by atoms with E-state index in [9.17, 15) is 13.6 Å². The van der Waals surface area contributed by atoms with E-state index in [0.29, 0.717) is 47.3 Å². The minimum Gasteiger partial charge on any atom is -0.486 e. The first-order valence-corrected chi connectivity index (χ1v) is 8.46. The molecular weight excluding hydrogens is 368 g/mol. The minimum atomic E-state index is -0.967. The molecule has 1 aliphatic rings. The molecule has 0 radical (unpaired) electrons. The third-order valence-corrected chi connectivity index (χ3v) is 4.01. The fraction of sp³-hybridized carbons (Fsp3) is 0.100. The van der Waals surface area contributed by atoms with Crippen molar-refractivity contribution in [3.63, 3.8) is 0 Å². The van der Waals surface area contributed by atoms with Gasteiger partial charge in [0.05, 0.1) is 17.4 Å². The van der Waals surface area contributed by atoms with Crippen LogP contribution in [0.5, 0.6) is 11.5 Å². The highest BCUT2D eigenvalue weighted by Gasteiger charge is 2.14. The first-order valence-electron chi connectivity index (χ1n) is 8.46. The Balaban J connectivity index is 1.49. The second-order valence-electron chi connectivity index (χ2n) is 6.03. The minimum absolute atomic E-state index is 0.294. The number of nitrogens with one attached hydrogen (secondary N) is 2. The van der Waals surface area contributed by atoms with Crippen LogP contribution in [0.1, 0.15) is 10.4 Å². The molecule has 2 heterocycles. The summed E-state index contributed by atoms with van der Waals surface area (Å²) in [5, 5.41) is 5.65. The van der Waals surface area contributed by atoms with Gasteiger partial charge in [0.15, 0.2) is 23.1 Å². The fourth-order valence-electron chi connectivity index (χ4n) is 2.70. The summed E-state index contributed by atoms with van der Waals surface area (Å²) in [6.07, 6.45) is 2.88. The lowest BCUT2D eigenvalue weighted by Gasteiger charge is -2.19. The summed E-state index contributed by atoms with van der Waals surface area (Å²) < 4.78 is 37.3. The van der Waals surface area contributed by atoms with Gasteiger partial charge in [-0.1, -0.05) is 0 Å². The zero-order valence-electron chi connectivity index (χ0n) is 14.5. The van der Waals surface area contributed by atoms with Gasteiger partial charge in [-0.2, -0.15) is 0 Å². The molecule has 4 rings (SSSR count). The summed E-state index contributed by atoms with van der Waals surface area (Å²) in [5.74, 6) is -1.08. The van der Waals surface area contributed by atoms with E-state index in [4.69, 9.17) is 9.47 Å². The van der Waals surface area contributed by atoms with Gasteiger partial charge >= 0.3 is 0 Å². The van der Waals surface area contributed by atoms with Crippen LogP contribution < -0.4 is 20.1 Å². The predicted molar refractivity (Wildman–Crippen MR) is 99.3 cm³/mol. The number of hydrogen-bond donors (Lipinski definition) is 2. The van der Waals surface area contributed by atoms with Gasteiger partial charge in [-0.15, -0.1) is 0 Å². The second kappa shape index (κ2) is 7.51. The number of rotatable bonds is 4. The molecule has 1 aliphatic heterocycles. The van der Waals surface area contributed by atoms with Gasteiger partial charge < -0.3 is 20.1 Å². The van der Waals surface area contributed by atoms with E-state index in [-0.39, 0.29) is 5.91 Å². The molecule has 0 unspecified atom stereocenters. The number of benzene rings is 2. The van der Waals surface area contributed by atoms with Crippen LogP contribution in [0.3, 0.4) is 0 Å². The highest BCUT2D eigenvalue weighted by atomic mass is 19.2. The molecule has 0 aliphatic carbocycles. The van der Waals surface area contributed by atoms with E-state index in [1.807, 2.05) is 0 Å². The molecule has 1 amide bonds. The summed E-state index contributed by atoms with van der Waals surface area (Å²) in [6, 6.07) is 10.1. The van der Waals surface area contributed by atoms with Crippen LogP contribution in [0.15, 0.2) is 54.9 Å². The molecule has 28 heavy (non-hydrogen) atoms. The third-order valence-electron chi connectivity index (χ3n) is 4.01. The standard InChI is InChI=1S/C20H15F2N3O3/c21-16-3-1-13(8-17(16)22)24-15-7-12(10-23-11-15)20(26)25-14-2-4-18-19(9-14)28-6-5-27-18/h1-4,7-11,24H,5-6H2,(H,25,26). The normalized spacial score (nSPS) is 12.4. The summed E-state index contributed by atoms with van der Waals surface area (Å²) >= 11 is 0. The SMILES string of the molecule is O=C(Nc1ccc2c(c1)OCCO2)c1cncc(Nc2ccc(F)c(F)c2)c1. The summed E-state index contributed by atoms with van der Waals surface area (Å²) in [5.41, 5.74) is 1.64. The molecule has 3 aromatic rings. The third kappa shape index (κ3) is 3.85. The molecule has 0 saturated heterocycles. The number of carbonyl (C=O) groups is 1. The Hall–Kier alpha value is -3.68. The second-order valence-corrected chi connectivity index (χ2v) is 6.03. The number of anilines is 3. The number of carbonyl (C=O) groups excluding carboxylic acids is 1. The molecule has 142 valence electrons. The van der Waals surface area contributed by atoms with Crippen molar-refractivity contribution in [1.82, 2.24) is 4.98 Å². The largest absolute Gasteiger partial charge is 0.486 e. The first kappa shape index (κ1) is 17.7. The zero-order chi connectivity index (χ0) is 19.5. The zero-order valence-corrected chi connectivity index (χ0v) is 14.5. The lowest BCUT2D eigenvalue weighted by molar-refractivity contribution is 0.102. The number of ether oxygens (including phenoxy) is 2. The Bertz CT molecular complexity index is 1040. The monoisotopic (exact) mass is 383 g/mol. The molecule has 6 nitrogen and oxygen atoms in total. The van der Waals surface area contributed by atoms with Gasteiger partial charge in [0.2, 0.25) is 0 Å². The summed E-state index contributed by atoms with van der Waals surface area (Å²) in [6.45, 7) is 0.939. The average Bonchev–Trinajstić information content (AvgIpc) is 2.71. The van der Waals surface area contributed by atoms with E-state index < -0.39 is 11.6 Å². The van der Waals surface area contributed by atoms with Gasteiger partial charge in [0.1, 0.15) is 13.2 Å². The van der Waals surface area contributed by atoms with Crippen LogP contribution in [0.4, 0.5) is 25.8 Å². The molecule has 2 aromatic carbocycles. The average molecular weight is 383 g/mol. The smallest absolute Gasteiger partial charge is 0.257 e. The molecule has 0 atom stereocenters. The number of pyridine rings is 1. The van der Waals surface area contributed by atoms with Crippen molar-refractivity contribution < 1.29 is 23.0 Å². The Kier molecular flexibility index (Phi) is 4.76. The quantitative estimate of drug-likeness (QED) is 0.709. The number of halogens is 2. The molecule has 0 spiro atoms. The molecule has 1 aromatic heterocycles. The van der Waals surface area contributed by atoms with Gasteiger partial charge in [-0.05, 0) is 30.3 Å². The van der Waals surface area contributed by atoms with Crippen molar-refractivity contribution in [3.05, 3.63) is 72.1 Å². The van der Waals surface area contributed by atoms with Crippen LogP contribution in [0.2, 0.25) is 0 Å². The van der Waals surface area contributed by atoms with Gasteiger partial charge in [0.25, 0.3) is 5.91 Å². The maximum Gasteiger partial charge on any atom is 0.257 e. The van der Waals surface area contributed by atoms with Crippen LogP contribution >= 0.6 is 0 Å². The molecule has 0 saturated carbocycles. The molecule has 2 N–H and O–H groups in total. The molecule has 0 fully saturated rings. The van der Waals surface area contributed by atoms with Crippen molar-refractivity contribution in [3.8, 4) is 11.5 Å². The number of hydrogen-bond acceptors (Lipinski definition) is 5. The van der Waals surface area contributed by atoms with Crippen LogP contribution in [-0.2, 0) is 0 Å². The predicted octanol–water partition coefficient (Wildman–Crippen LogP) is 4.13. The van der Waals surface area contributed by atoms with Gasteiger partial charge in [-0.3, -0.25) is 9.78 Å². The van der Waals surface area contributed by atoms with Crippen LogP contribution in [0, 0.1) is 11.6 Å². The molecular formula is C20H15F2N3O3. The highest BCUT2D eigenvalue weighted by molar-refractivity contribution is 6.04. The lowest BCUT2D eigenvalue weighted by atomic mass is 10.2. The number of fused-ring (bicyclic) bond motifs is 1. The maximum atomic E-state index is 13.3. The Labute approximate surface area is 159 Å². The van der Waals surface area contributed by atoms with Crippen molar-refractivity contribution in [2.75, 3.05) is 23.8 Å². The maximum absolute atomic E-state index is 13.3. The van der Waals surface area contributed by atoms with E-state index in [1.54, 1.807) is 24.3 Å². The van der Waals surface area contributed by atoms with E-state index in [0.717, 1.165) is 12.1 Å². The van der Waals surface area contributed by atoms with E-state index in [1.165, 1.54) is 18.5 Å². The molecule has 8 heteroatoms. The Morgan fingerprint density at radius 1 is 0.857 bits per heavy atom. The lowest BCUT2D eigenvalue weighted by Crippen LogP contribution is -2.16. The van der Waals surface area contributed by atoms with Gasteiger partial charge in [-0.25, -0.2) is 8.78 Å². The van der Waals surface area contributed by atoms with Crippen molar-refractivity contribution in [2.24, 2.45) is 0 Å².